The van der Waals surface area contributed by atoms with Gasteiger partial charge < -0.3 is 14.8 Å². The molecular weight excluding hydrogens is 284 g/mol. The summed E-state index contributed by atoms with van der Waals surface area (Å²) in [5.41, 5.74) is 2.14. The van der Waals surface area contributed by atoms with Crippen LogP contribution in [0.1, 0.15) is 29.6 Å². The van der Waals surface area contributed by atoms with Gasteiger partial charge in [0.1, 0.15) is 6.61 Å². The molecule has 5 heteroatoms. The second-order valence-corrected chi connectivity index (χ2v) is 5.73. The number of nitrogens with one attached hydrogen (secondary N) is 1. The average molecular weight is 306 g/mol. The first-order valence-electron chi connectivity index (χ1n) is 7.14. The summed E-state index contributed by atoms with van der Waals surface area (Å²) in [6.07, 6.45) is 2.15. The van der Waals surface area contributed by atoms with Crippen molar-refractivity contribution in [2.45, 2.75) is 32.9 Å². The zero-order valence-electron chi connectivity index (χ0n) is 12.8. The standard InChI is InChI=1S/C16H22N2O2S/c1-4-5-16-18-13(11-21-16)10-20-14-7-6-12(9-17-2)8-15(14)19-3/h6-8,11,17H,4-5,9-10H2,1-3H3. The highest BCUT2D eigenvalue weighted by molar-refractivity contribution is 7.09. The third-order valence-electron chi connectivity index (χ3n) is 3.05. The Morgan fingerprint density at radius 3 is 2.86 bits per heavy atom. The quantitative estimate of drug-likeness (QED) is 0.812. The molecule has 1 heterocycles. The minimum atomic E-state index is 0.474. The zero-order valence-corrected chi connectivity index (χ0v) is 13.6. The van der Waals surface area contributed by atoms with Crippen molar-refractivity contribution in [1.82, 2.24) is 10.3 Å². The summed E-state index contributed by atoms with van der Waals surface area (Å²) >= 11 is 1.70. The number of methoxy groups -OCH3 is 1. The third-order valence-corrected chi connectivity index (χ3v) is 4.01. The lowest BCUT2D eigenvalue weighted by atomic mass is 10.2. The van der Waals surface area contributed by atoms with Crippen LogP contribution >= 0.6 is 11.3 Å². The van der Waals surface area contributed by atoms with Crippen molar-refractivity contribution in [2.24, 2.45) is 0 Å². The molecule has 0 spiro atoms. The Kier molecular flexibility index (Phi) is 6.02. The molecular formula is C16H22N2O2S. The maximum Gasteiger partial charge on any atom is 0.161 e. The van der Waals surface area contributed by atoms with Gasteiger partial charge in [0.2, 0.25) is 0 Å². The second-order valence-electron chi connectivity index (χ2n) is 4.79. The van der Waals surface area contributed by atoms with Gasteiger partial charge in [0.05, 0.1) is 17.8 Å². The topological polar surface area (TPSA) is 43.4 Å². The van der Waals surface area contributed by atoms with Crippen molar-refractivity contribution < 1.29 is 9.47 Å². The molecule has 0 bridgehead atoms. The van der Waals surface area contributed by atoms with Crippen LogP contribution in [0.3, 0.4) is 0 Å². The molecule has 0 unspecified atom stereocenters. The van der Waals surface area contributed by atoms with Gasteiger partial charge in [0, 0.05) is 11.9 Å². The summed E-state index contributed by atoms with van der Waals surface area (Å²) in [5.74, 6) is 1.51. The van der Waals surface area contributed by atoms with E-state index in [4.69, 9.17) is 9.47 Å². The number of rotatable bonds is 8. The van der Waals surface area contributed by atoms with Crippen molar-refractivity contribution in [3.63, 3.8) is 0 Å². The lowest BCUT2D eigenvalue weighted by Crippen LogP contribution is -2.05. The van der Waals surface area contributed by atoms with Gasteiger partial charge in [0.25, 0.3) is 0 Å². The summed E-state index contributed by atoms with van der Waals surface area (Å²) in [4.78, 5) is 4.56. The normalized spacial score (nSPS) is 10.6. The predicted molar refractivity (Wildman–Crippen MR) is 86.2 cm³/mol. The molecule has 0 atom stereocenters. The zero-order chi connectivity index (χ0) is 15.1. The van der Waals surface area contributed by atoms with Gasteiger partial charge in [-0.1, -0.05) is 13.0 Å². The number of thiazole rings is 1. The fraction of sp³-hybridized carbons (Fsp3) is 0.438. The number of hydrogen-bond donors (Lipinski definition) is 1. The highest BCUT2D eigenvalue weighted by Crippen LogP contribution is 2.29. The third kappa shape index (κ3) is 4.44. The van der Waals surface area contributed by atoms with Crippen LogP contribution in [-0.2, 0) is 19.6 Å². The number of aryl methyl sites for hydroxylation is 1. The van der Waals surface area contributed by atoms with E-state index in [2.05, 4.69) is 22.6 Å². The molecule has 0 amide bonds. The first kappa shape index (κ1) is 15.8. The summed E-state index contributed by atoms with van der Waals surface area (Å²) < 4.78 is 11.2. The SMILES string of the molecule is CCCc1nc(COc2ccc(CNC)cc2OC)cs1. The van der Waals surface area contributed by atoms with Crippen LogP contribution in [0.15, 0.2) is 23.6 Å². The average Bonchev–Trinajstić information content (AvgIpc) is 2.94. The number of benzene rings is 1. The Labute approximate surface area is 130 Å². The van der Waals surface area contributed by atoms with E-state index in [0.717, 1.165) is 36.6 Å². The minimum Gasteiger partial charge on any atom is -0.493 e. The second kappa shape index (κ2) is 8.00. The number of nitrogens with zero attached hydrogens (tertiary/aromatic N) is 1. The molecule has 1 aromatic heterocycles. The number of aromatic nitrogens is 1. The maximum atomic E-state index is 5.84. The van der Waals surface area contributed by atoms with Crippen molar-refractivity contribution in [2.75, 3.05) is 14.2 Å². The lowest BCUT2D eigenvalue weighted by molar-refractivity contribution is 0.281. The molecule has 0 aliphatic carbocycles. The lowest BCUT2D eigenvalue weighted by Gasteiger charge is -2.11. The van der Waals surface area contributed by atoms with Crippen molar-refractivity contribution in [3.05, 3.63) is 39.8 Å². The van der Waals surface area contributed by atoms with Crippen LogP contribution in [0.4, 0.5) is 0 Å². The van der Waals surface area contributed by atoms with Crippen molar-refractivity contribution >= 4 is 11.3 Å². The number of hydrogen-bond acceptors (Lipinski definition) is 5. The van der Waals surface area contributed by atoms with Crippen LogP contribution in [0.5, 0.6) is 11.5 Å². The molecule has 2 rings (SSSR count). The van der Waals surface area contributed by atoms with E-state index >= 15 is 0 Å². The Balaban J connectivity index is 2.01. The van der Waals surface area contributed by atoms with Gasteiger partial charge in [-0.2, -0.15) is 0 Å². The molecule has 21 heavy (non-hydrogen) atoms. The molecule has 1 N–H and O–H groups in total. The Bertz CT molecular complexity index is 569. The molecule has 0 fully saturated rings. The summed E-state index contributed by atoms with van der Waals surface area (Å²) in [6.45, 7) is 3.44. The van der Waals surface area contributed by atoms with Crippen molar-refractivity contribution in [3.8, 4) is 11.5 Å². The predicted octanol–water partition coefficient (Wildman–Crippen LogP) is 3.40. The van der Waals surface area contributed by atoms with Gasteiger partial charge in [-0.25, -0.2) is 4.98 Å². The molecule has 1 aromatic carbocycles. The van der Waals surface area contributed by atoms with E-state index in [0.29, 0.717) is 6.61 Å². The van der Waals surface area contributed by atoms with Crippen molar-refractivity contribution in [1.29, 1.82) is 0 Å². The van der Waals surface area contributed by atoms with Gasteiger partial charge in [-0.15, -0.1) is 11.3 Å². The fourth-order valence-corrected chi connectivity index (χ4v) is 2.93. The van der Waals surface area contributed by atoms with Gasteiger partial charge in [-0.3, -0.25) is 0 Å². The Morgan fingerprint density at radius 2 is 2.14 bits per heavy atom. The summed E-state index contributed by atoms with van der Waals surface area (Å²) in [5, 5.41) is 6.36. The van der Waals surface area contributed by atoms with Crippen LogP contribution in [0, 0.1) is 0 Å². The highest BCUT2D eigenvalue weighted by Gasteiger charge is 2.07. The van der Waals surface area contributed by atoms with Crippen LogP contribution < -0.4 is 14.8 Å². The largest absolute Gasteiger partial charge is 0.493 e. The molecule has 0 aliphatic rings. The van der Waals surface area contributed by atoms with E-state index in [1.165, 1.54) is 10.6 Å². The molecule has 0 saturated heterocycles. The van der Waals surface area contributed by atoms with Crippen LogP contribution in [-0.4, -0.2) is 19.1 Å². The van der Waals surface area contributed by atoms with E-state index < -0.39 is 0 Å². The van der Waals surface area contributed by atoms with E-state index in [1.807, 2.05) is 25.2 Å². The van der Waals surface area contributed by atoms with Crippen LogP contribution in [0.25, 0.3) is 0 Å². The first-order valence-corrected chi connectivity index (χ1v) is 8.02. The Hall–Kier alpha value is -1.59. The first-order chi connectivity index (χ1) is 10.3. The smallest absolute Gasteiger partial charge is 0.161 e. The van der Waals surface area contributed by atoms with Gasteiger partial charge in [-0.05, 0) is 37.6 Å². The molecule has 0 aliphatic heterocycles. The molecule has 0 radical (unpaired) electrons. The molecule has 2 aromatic rings. The fourth-order valence-electron chi connectivity index (χ4n) is 2.04. The highest BCUT2D eigenvalue weighted by atomic mass is 32.1. The minimum absolute atomic E-state index is 0.474. The van der Waals surface area contributed by atoms with Gasteiger partial charge in [0.15, 0.2) is 11.5 Å². The van der Waals surface area contributed by atoms with Gasteiger partial charge >= 0.3 is 0 Å². The van der Waals surface area contributed by atoms with E-state index in [-0.39, 0.29) is 0 Å². The molecule has 114 valence electrons. The maximum absolute atomic E-state index is 5.84. The molecule has 4 nitrogen and oxygen atoms in total. The van der Waals surface area contributed by atoms with E-state index in [1.54, 1.807) is 18.4 Å². The monoisotopic (exact) mass is 306 g/mol. The molecule has 0 saturated carbocycles. The Morgan fingerprint density at radius 1 is 1.29 bits per heavy atom. The number of ether oxygens (including phenoxy) is 2. The summed E-state index contributed by atoms with van der Waals surface area (Å²) in [6, 6.07) is 5.98. The summed E-state index contributed by atoms with van der Waals surface area (Å²) in [7, 11) is 3.58. The van der Waals surface area contributed by atoms with E-state index in [9.17, 15) is 0 Å². The van der Waals surface area contributed by atoms with Crippen LogP contribution in [0.2, 0.25) is 0 Å².